The molecule has 0 aromatic carbocycles. The lowest BCUT2D eigenvalue weighted by Crippen LogP contribution is -2.15. The molecule has 2 N–H and O–H groups in total. The number of rotatable bonds is 1. The van der Waals surface area contributed by atoms with Crippen molar-refractivity contribution in [3.63, 3.8) is 0 Å². The highest BCUT2D eigenvalue weighted by molar-refractivity contribution is 5.29. The molecule has 1 nitrogen and oxygen atoms in total. The van der Waals surface area contributed by atoms with Crippen LogP contribution >= 0.6 is 0 Å². The minimum absolute atomic E-state index is 0.216. The zero-order chi connectivity index (χ0) is 5.98. The largest absolute Gasteiger partial charge is 0.324 e. The van der Waals surface area contributed by atoms with Gasteiger partial charge < -0.3 is 5.73 Å². The summed E-state index contributed by atoms with van der Waals surface area (Å²) in [6, 6.07) is 0.216. The van der Waals surface area contributed by atoms with Gasteiger partial charge in [0.2, 0.25) is 0 Å². The van der Waals surface area contributed by atoms with Crippen molar-refractivity contribution in [1.82, 2.24) is 0 Å². The summed E-state index contributed by atoms with van der Waals surface area (Å²) in [5.41, 5.74) is 6.85. The summed E-state index contributed by atoms with van der Waals surface area (Å²) in [5, 5.41) is 0. The highest BCUT2D eigenvalue weighted by Gasteiger charge is 2.00. The van der Waals surface area contributed by atoms with Crippen LogP contribution in [0.4, 0.5) is 0 Å². The summed E-state index contributed by atoms with van der Waals surface area (Å²) in [7, 11) is 0. The molecule has 0 saturated carbocycles. The highest BCUT2D eigenvalue weighted by atomic mass is 14.6. The Bertz CT molecular complexity index is 131. The molecule has 1 atom stereocenters. The molecular formula is C7H11N. The molecule has 0 aromatic rings. The molecule has 0 aromatic heterocycles. The van der Waals surface area contributed by atoms with Crippen LogP contribution < -0.4 is 5.73 Å². The van der Waals surface area contributed by atoms with Crippen molar-refractivity contribution in [3.8, 4) is 0 Å². The molecule has 1 aliphatic carbocycles. The van der Waals surface area contributed by atoms with Gasteiger partial charge in [-0.25, -0.2) is 0 Å². The molecule has 1 heteroatoms. The fourth-order valence-electron chi connectivity index (χ4n) is 0.814. The zero-order valence-electron chi connectivity index (χ0n) is 5.09. The minimum Gasteiger partial charge on any atom is -0.324 e. The van der Waals surface area contributed by atoms with Gasteiger partial charge in [0.05, 0.1) is 0 Å². The molecule has 1 rings (SSSR count). The molecule has 0 radical (unpaired) electrons. The summed E-state index contributed by atoms with van der Waals surface area (Å²) >= 11 is 0. The minimum atomic E-state index is 0.216. The van der Waals surface area contributed by atoms with E-state index in [1.54, 1.807) is 0 Å². The van der Waals surface area contributed by atoms with E-state index >= 15 is 0 Å². The van der Waals surface area contributed by atoms with Crippen molar-refractivity contribution >= 4 is 0 Å². The second kappa shape index (κ2) is 2.14. The van der Waals surface area contributed by atoms with Crippen LogP contribution in [0.1, 0.15) is 13.3 Å². The number of allylic oxidation sites excluding steroid dienone is 2. The fraction of sp³-hybridized carbons (Fsp3) is 0.429. The van der Waals surface area contributed by atoms with E-state index in [-0.39, 0.29) is 6.04 Å². The normalized spacial score (nSPS) is 21.0. The average Bonchev–Trinajstić information content (AvgIpc) is 2.12. The van der Waals surface area contributed by atoms with Gasteiger partial charge in [-0.1, -0.05) is 18.2 Å². The van der Waals surface area contributed by atoms with Crippen LogP contribution in [0.25, 0.3) is 0 Å². The van der Waals surface area contributed by atoms with E-state index in [9.17, 15) is 0 Å². The standard InChI is InChI=1S/C7H11N/c1-6(8)7-4-2-3-5-7/h2,4-6H,3,8H2,1H3/t6-/m0/s1. The summed E-state index contributed by atoms with van der Waals surface area (Å²) < 4.78 is 0. The third-order valence-corrected chi connectivity index (χ3v) is 1.33. The third kappa shape index (κ3) is 0.984. The van der Waals surface area contributed by atoms with Gasteiger partial charge in [-0.05, 0) is 18.9 Å². The predicted octanol–water partition coefficient (Wildman–Crippen LogP) is 1.22. The van der Waals surface area contributed by atoms with Crippen LogP contribution in [0.2, 0.25) is 0 Å². The van der Waals surface area contributed by atoms with Crippen molar-refractivity contribution in [2.45, 2.75) is 19.4 Å². The van der Waals surface area contributed by atoms with Crippen LogP contribution in [0.15, 0.2) is 23.8 Å². The molecule has 0 aliphatic heterocycles. The molecule has 0 heterocycles. The first-order valence-electron chi connectivity index (χ1n) is 2.93. The summed E-state index contributed by atoms with van der Waals surface area (Å²) in [4.78, 5) is 0. The van der Waals surface area contributed by atoms with E-state index in [1.165, 1.54) is 5.57 Å². The van der Waals surface area contributed by atoms with Gasteiger partial charge in [-0.15, -0.1) is 0 Å². The lowest BCUT2D eigenvalue weighted by molar-refractivity contribution is 0.886. The van der Waals surface area contributed by atoms with E-state index in [4.69, 9.17) is 5.73 Å². The van der Waals surface area contributed by atoms with E-state index in [0.29, 0.717) is 0 Å². The zero-order valence-corrected chi connectivity index (χ0v) is 5.09. The Morgan fingerprint density at radius 1 is 1.75 bits per heavy atom. The average molecular weight is 109 g/mol. The molecule has 44 valence electrons. The molecule has 0 saturated heterocycles. The number of nitrogens with two attached hydrogens (primary N) is 1. The summed E-state index contributed by atoms with van der Waals surface area (Å²) in [6.07, 6.45) is 7.44. The number of hydrogen-bond acceptors (Lipinski definition) is 1. The van der Waals surface area contributed by atoms with E-state index in [1.807, 2.05) is 6.92 Å². The van der Waals surface area contributed by atoms with Gasteiger partial charge in [0.25, 0.3) is 0 Å². The van der Waals surface area contributed by atoms with E-state index < -0.39 is 0 Å². The number of hydrogen-bond donors (Lipinski definition) is 1. The maximum absolute atomic E-state index is 5.58. The van der Waals surface area contributed by atoms with Crippen LogP contribution in [0.3, 0.4) is 0 Å². The van der Waals surface area contributed by atoms with Crippen LogP contribution in [-0.2, 0) is 0 Å². The predicted molar refractivity (Wildman–Crippen MR) is 35.5 cm³/mol. The van der Waals surface area contributed by atoms with E-state index in [0.717, 1.165) is 6.42 Å². The Morgan fingerprint density at radius 2 is 2.50 bits per heavy atom. The van der Waals surface area contributed by atoms with Gasteiger partial charge in [0.1, 0.15) is 0 Å². The quantitative estimate of drug-likeness (QED) is 0.538. The lowest BCUT2D eigenvalue weighted by atomic mass is 10.1. The monoisotopic (exact) mass is 109 g/mol. The van der Waals surface area contributed by atoms with Crippen molar-refractivity contribution in [2.24, 2.45) is 5.73 Å². The van der Waals surface area contributed by atoms with Crippen LogP contribution in [-0.4, -0.2) is 6.04 Å². The van der Waals surface area contributed by atoms with Crippen LogP contribution in [0, 0.1) is 0 Å². The van der Waals surface area contributed by atoms with Gasteiger partial charge in [-0.3, -0.25) is 0 Å². The maximum atomic E-state index is 5.58. The molecule has 0 fully saturated rings. The van der Waals surface area contributed by atoms with Crippen LogP contribution in [0.5, 0.6) is 0 Å². The van der Waals surface area contributed by atoms with E-state index in [2.05, 4.69) is 18.2 Å². The van der Waals surface area contributed by atoms with Gasteiger partial charge in [0, 0.05) is 6.04 Å². The first-order chi connectivity index (χ1) is 3.80. The second-order valence-electron chi connectivity index (χ2n) is 2.13. The fourth-order valence-corrected chi connectivity index (χ4v) is 0.814. The van der Waals surface area contributed by atoms with Crippen molar-refractivity contribution in [2.75, 3.05) is 0 Å². The Balaban J connectivity index is 2.58. The Morgan fingerprint density at radius 3 is 2.75 bits per heavy atom. The maximum Gasteiger partial charge on any atom is 0.0262 e. The topological polar surface area (TPSA) is 26.0 Å². The van der Waals surface area contributed by atoms with Crippen molar-refractivity contribution in [3.05, 3.63) is 23.8 Å². The molecule has 0 unspecified atom stereocenters. The molecule has 0 bridgehead atoms. The Kier molecular flexibility index (Phi) is 1.49. The summed E-state index contributed by atoms with van der Waals surface area (Å²) in [6.45, 7) is 2.00. The van der Waals surface area contributed by atoms with Gasteiger partial charge in [0.15, 0.2) is 0 Å². The first kappa shape index (κ1) is 5.57. The van der Waals surface area contributed by atoms with Gasteiger partial charge in [-0.2, -0.15) is 0 Å². The Hall–Kier alpha value is -0.560. The lowest BCUT2D eigenvalue weighted by Gasteiger charge is -2.00. The van der Waals surface area contributed by atoms with Crippen molar-refractivity contribution < 1.29 is 0 Å². The highest BCUT2D eigenvalue weighted by Crippen LogP contribution is 2.10. The molecular weight excluding hydrogens is 98.1 g/mol. The third-order valence-electron chi connectivity index (χ3n) is 1.33. The smallest absolute Gasteiger partial charge is 0.0262 e. The van der Waals surface area contributed by atoms with Gasteiger partial charge >= 0.3 is 0 Å². The molecule has 1 aliphatic rings. The SMILES string of the molecule is C[C@H](N)C1=CCC=C1. The molecule has 8 heavy (non-hydrogen) atoms. The first-order valence-corrected chi connectivity index (χ1v) is 2.93. The second-order valence-corrected chi connectivity index (χ2v) is 2.13. The Labute approximate surface area is 49.9 Å². The summed E-state index contributed by atoms with van der Waals surface area (Å²) in [5.74, 6) is 0. The van der Waals surface area contributed by atoms with Crippen molar-refractivity contribution in [1.29, 1.82) is 0 Å². The molecule has 0 amide bonds. The molecule has 0 spiro atoms.